The second kappa shape index (κ2) is 5.36. The van der Waals surface area contributed by atoms with Crippen molar-refractivity contribution in [3.05, 3.63) is 17.3 Å². The lowest BCUT2D eigenvalue weighted by atomic mass is 9.77. The Kier molecular flexibility index (Phi) is 3.62. The first-order valence-corrected chi connectivity index (χ1v) is 7.59. The summed E-state index contributed by atoms with van der Waals surface area (Å²) >= 11 is 0. The summed E-state index contributed by atoms with van der Waals surface area (Å²) in [6, 6.07) is 0. The van der Waals surface area contributed by atoms with Crippen LogP contribution >= 0.6 is 0 Å². The molecule has 8 heteroatoms. The zero-order valence-electron chi connectivity index (χ0n) is 13.1. The first-order valence-electron chi connectivity index (χ1n) is 7.59. The summed E-state index contributed by atoms with van der Waals surface area (Å²) in [6.07, 6.45) is 0.852. The Morgan fingerprint density at radius 2 is 2.00 bits per heavy atom. The summed E-state index contributed by atoms with van der Waals surface area (Å²) in [6.45, 7) is 4.15. The first kappa shape index (κ1) is 15.5. The number of nitrogens with one attached hydrogen (secondary N) is 1. The van der Waals surface area contributed by atoms with Gasteiger partial charge in [-0.1, -0.05) is 0 Å². The van der Waals surface area contributed by atoms with Crippen molar-refractivity contribution in [2.75, 3.05) is 13.1 Å². The number of nitrogens with zero attached hydrogens (tertiary/aromatic N) is 2. The molecular formula is C15H19N3O5. The smallest absolute Gasteiger partial charge is 0.309 e. The Hall–Kier alpha value is -2.38. The summed E-state index contributed by atoms with van der Waals surface area (Å²) in [5.74, 6) is -1.52. The fourth-order valence-electron chi connectivity index (χ4n) is 3.58. The quantitative estimate of drug-likeness (QED) is 0.819. The van der Waals surface area contributed by atoms with Gasteiger partial charge in [0.15, 0.2) is 5.89 Å². The standard InChI is InChI=1S/C15H19N3O5/c1-8-12(23-9(2)16-8)13(20)18-5-3-15(4-6-18)10(14(21)22)7-11(19)17-15/h10H,3-7H2,1-2H3,(H,17,19)(H,21,22). The van der Waals surface area contributed by atoms with E-state index in [4.69, 9.17) is 4.42 Å². The number of rotatable bonds is 2. The molecule has 2 saturated heterocycles. The van der Waals surface area contributed by atoms with Crippen LogP contribution in [0.2, 0.25) is 0 Å². The molecule has 1 aromatic heterocycles. The first-order chi connectivity index (χ1) is 10.8. The molecular weight excluding hydrogens is 302 g/mol. The molecule has 2 aliphatic heterocycles. The van der Waals surface area contributed by atoms with Gasteiger partial charge < -0.3 is 19.7 Å². The molecule has 3 heterocycles. The van der Waals surface area contributed by atoms with E-state index in [9.17, 15) is 19.5 Å². The van der Waals surface area contributed by atoms with Gasteiger partial charge in [0, 0.05) is 26.4 Å². The lowest BCUT2D eigenvalue weighted by Gasteiger charge is -2.41. The molecule has 3 rings (SSSR count). The minimum absolute atomic E-state index is 0.00366. The number of amides is 2. The molecule has 8 nitrogen and oxygen atoms in total. The number of carboxylic acids is 1. The normalized spacial score (nSPS) is 23.1. The number of piperidine rings is 1. The molecule has 2 aliphatic rings. The van der Waals surface area contributed by atoms with E-state index in [2.05, 4.69) is 10.3 Å². The molecule has 1 aromatic rings. The molecule has 0 bridgehead atoms. The van der Waals surface area contributed by atoms with Crippen LogP contribution in [-0.4, -0.2) is 51.4 Å². The van der Waals surface area contributed by atoms with Crippen molar-refractivity contribution in [1.82, 2.24) is 15.2 Å². The third-order valence-electron chi connectivity index (χ3n) is 4.78. The van der Waals surface area contributed by atoms with Crippen molar-refractivity contribution in [2.45, 2.75) is 38.6 Å². The molecule has 2 N–H and O–H groups in total. The van der Waals surface area contributed by atoms with E-state index in [0.29, 0.717) is 37.5 Å². The second-order valence-corrected chi connectivity index (χ2v) is 6.24. The number of oxazole rings is 1. The van der Waals surface area contributed by atoms with Gasteiger partial charge in [0.2, 0.25) is 11.7 Å². The molecule has 1 spiro atoms. The maximum Gasteiger partial charge on any atom is 0.309 e. The van der Waals surface area contributed by atoms with Crippen molar-refractivity contribution in [3.8, 4) is 0 Å². The highest BCUT2D eigenvalue weighted by Crippen LogP contribution is 2.37. The van der Waals surface area contributed by atoms with Crippen molar-refractivity contribution >= 4 is 17.8 Å². The number of likely N-dealkylation sites (tertiary alicyclic amines) is 1. The van der Waals surface area contributed by atoms with Crippen LogP contribution in [0.3, 0.4) is 0 Å². The number of aliphatic carboxylic acids is 1. The zero-order valence-corrected chi connectivity index (χ0v) is 13.1. The molecule has 2 fully saturated rings. The Balaban J connectivity index is 1.73. The molecule has 0 aromatic carbocycles. The molecule has 0 aliphatic carbocycles. The average molecular weight is 321 g/mol. The van der Waals surface area contributed by atoms with Gasteiger partial charge in [0.05, 0.1) is 17.2 Å². The van der Waals surface area contributed by atoms with Gasteiger partial charge in [-0.15, -0.1) is 0 Å². The van der Waals surface area contributed by atoms with Crippen molar-refractivity contribution in [1.29, 1.82) is 0 Å². The predicted octanol–water partition coefficient (Wildman–Crippen LogP) is 0.487. The van der Waals surface area contributed by atoms with Crippen LogP contribution in [0.15, 0.2) is 4.42 Å². The highest BCUT2D eigenvalue weighted by Gasteiger charge is 2.52. The SMILES string of the molecule is Cc1nc(C)c(C(=O)N2CCC3(CC2)NC(=O)CC3C(=O)O)o1. The summed E-state index contributed by atoms with van der Waals surface area (Å²) < 4.78 is 5.36. The number of hydrogen-bond acceptors (Lipinski definition) is 5. The lowest BCUT2D eigenvalue weighted by molar-refractivity contribution is -0.144. The van der Waals surface area contributed by atoms with Crippen LogP contribution in [0.5, 0.6) is 0 Å². The Morgan fingerprint density at radius 1 is 1.35 bits per heavy atom. The van der Waals surface area contributed by atoms with E-state index in [0.717, 1.165) is 0 Å². The van der Waals surface area contributed by atoms with Gasteiger partial charge in [-0.05, 0) is 19.8 Å². The maximum absolute atomic E-state index is 12.5. The van der Waals surface area contributed by atoms with E-state index < -0.39 is 17.4 Å². The summed E-state index contributed by atoms with van der Waals surface area (Å²) in [5.41, 5.74) is -0.197. The van der Waals surface area contributed by atoms with E-state index in [-0.39, 0.29) is 24.0 Å². The molecule has 124 valence electrons. The zero-order chi connectivity index (χ0) is 16.8. The average Bonchev–Trinajstić information content (AvgIpc) is 2.99. The Bertz CT molecular complexity index is 673. The number of carbonyl (C=O) groups is 3. The molecule has 0 radical (unpaired) electrons. The van der Waals surface area contributed by atoms with E-state index >= 15 is 0 Å². The van der Waals surface area contributed by atoms with Crippen LogP contribution in [-0.2, 0) is 9.59 Å². The minimum Gasteiger partial charge on any atom is -0.481 e. The summed E-state index contributed by atoms with van der Waals surface area (Å²) in [5, 5.41) is 12.2. The highest BCUT2D eigenvalue weighted by atomic mass is 16.4. The number of hydrogen-bond donors (Lipinski definition) is 2. The summed E-state index contributed by atoms with van der Waals surface area (Å²) in [7, 11) is 0. The fraction of sp³-hybridized carbons (Fsp3) is 0.600. The third-order valence-corrected chi connectivity index (χ3v) is 4.78. The van der Waals surface area contributed by atoms with Gasteiger partial charge in [-0.25, -0.2) is 4.98 Å². The van der Waals surface area contributed by atoms with Crippen LogP contribution in [0, 0.1) is 19.8 Å². The highest BCUT2D eigenvalue weighted by molar-refractivity contribution is 5.93. The van der Waals surface area contributed by atoms with Gasteiger partial charge in [0.1, 0.15) is 0 Å². The van der Waals surface area contributed by atoms with Gasteiger partial charge in [-0.2, -0.15) is 0 Å². The van der Waals surface area contributed by atoms with Crippen LogP contribution < -0.4 is 5.32 Å². The molecule has 0 saturated carbocycles. The number of carbonyl (C=O) groups excluding carboxylic acids is 2. The van der Waals surface area contributed by atoms with Crippen molar-refractivity contribution < 1.29 is 23.9 Å². The van der Waals surface area contributed by atoms with Gasteiger partial charge in [-0.3, -0.25) is 14.4 Å². The number of aryl methyl sites for hydroxylation is 2. The van der Waals surface area contributed by atoms with Gasteiger partial charge >= 0.3 is 5.97 Å². The van der Waals surface area contributed by atoms with E-state index in [1.165, 1.54) is 0 Å². The molecule has 23 heavy (non-hydrogen) atoms. The number of carboxylic acid groups (broad SMARTS) is 1. The second-order valence-electron chi connectivity index (χ2n) is 6.24. The molecule has 2 amide bonds. The third kappa shape index (κ3) is 2.58. The molecule has 1 unspecified atom stereocenters. The maximum atomic E-state index is 12.5. The van der Waals surface area contributed by atoms with Crippen LogP contribution in [0.4, 0.5) is 0 Å². The van der Waals surface area contributed by atoms with Gasteiger partial charge in [0.25, 0.3) is 5.91 Å². The number of aromatic nitrogens is 1. The summed E-state index contributed by atoms with van der Waals surface area (Å²) in [4.78, 5) is 41.3. The van der Waals surface area contributed by atoms with Crippen molar-refractivity contribution in [3.63, 3.8) is 0 Å². The van der Waals surface area contributed by atoms with Crippen LogP contribution in [0.25, 0.3) is 0 Å². The lowest BCUT2D eigenvalue weighted by Crippen LogP contribution is -2.56. The van der Waals surface area contributed by atoms with Crippen LogP contribution in [0.1, 0.15) is 41.4 Å². The minimum atomic E-state index is -0.968. The Morgan fingerprint density at radius 3 is 2.52 bits per heavy atom. The van der Waals surface area contributed by atoms with E-state index in [1.54, 1.807) is 18.7 Å². The van der Waals surface area contributed by atoms with Crippen molar-refractivity contribution in [2.24, 2.45) is 5.92 Å². The molecule has 1 atom stereocenters. The van der Waals surface area contributed by atoms with E-state index in [1.807, 2.05) is 0 Å². The predicted molar refractivity (Wildman–Crippen MR) is 77.7 cm³/mol. The largest absolute Gasteiger partial charge is 0.481 e. The fourth-order valence-corrected chi connectivity index (χ4v) is 3.58. The topological polar surface area (TPSA) is 113 Å². The Labute approximate surface area is 132 Å². The monoisotopic (exact) mass is 321 g/mol.